The molecule has 224 valence electrons. The van der Waals surface area contributed by atoms with Gasteiger partial charge in [-0.15, -0.1) is 0 Å². The molecule has 0 radical (unpaired) electrons. The molecule has 0 saturated heterocycles. The molecule has 0 aliphatic carbocycles. The number of nitrogens with one attached hydrogen (secondary N) is 4. The zero-order valence-electron chi connectivity index (χ0n) is 24.7. The van der Waals surface area contributed by atoms with Crippen LogP contribution in [0.1, 0.15) is 43.2 Å². The Balaban J connectivity index is 1.49. The van der Waals surface area contributed by atoms with Gasteiger partial charge >= 0.3 is 12.0 Å². The smallest absolute Gasteiger partial charge is 0.325 e. The van der Waals surface area contributed by atoms with Gasteiger partial charge in [-0.2, -0.15) is 5.10 Å². The highest BCUT2D eigenvalue weighted by Gasteiger charge is 2.22. The molecule has 0 bridgehead atoms. The van der Waals surface area contributed by atoms with Crippen molar-refractivity contribution in [2.45, 2.75) is 39.7 Å². The van der Waals surface area contributed by atoms with Crippen molar-refractivity contribution < 1.29 is 23.5 Å². The van der Waals surface area contributed by atoms with Gasteiger partial charge in [0.2, 0.25) is 0 Å². The van der Waals surface area contributed by atoms with E-state index in [-0.39, 0.29) is 18.5 Å². The molecular formula is C32H35FN6O4. The van der Waals surface area contributed by atoms with Crippen LogP contribution in [0.4, 0.5) is 20.7 Å². The van der Waals surface area contributed by atoms with Gasteiger partial charge in [-0.1, -0.05) is 38.5 Å². The summed E-state index contributed by atoms with van der Waals surface area (Å²) in [5, 5.41) is 21.0. The van der Waals surface area contributed by atoms with Crippen molar-refractivity contribution in [2.24, 2.45) is 0 Å². The van der Waals surface area contributed by atoms with E-state index >= 15 is 0 Å². The molecule has 4 aromatic rings. The van der Waals surface area contributed by atoms with E-state index < -0.39 is 17.8 Å². The lowest BCUT2D eigenvalue weighted by atomic mass is 9.92. The van der Waals surface area contributed by atoms with Crippen molar-refractivity contribution in [3.8, 4) is 17.2 Å². The largest absolute Gasteiger partial charge is 0.468 e. The van der Waals surface area contributed by atoms with E-state index in [9.17, 15) is 14.0 Å². The fraction of sp³-hybridized carbons (Fsp3) is 0.250. The Morgan fingerprint density at radius 2 is 1.79 bits per heavy atom. The van der Waals surface area contributed by atoms with E-state index in [4.69, 9.17) is 15.2 Å². The molecule has 0 unspecified atom stereocenters. The highest BCUT2D eigenvalue weighted by molar-refractivity contribution is 5.89. The number of hydrogen-bond acceptors (Lipinski definition) is 7. The van der Waals surface area contributed by atoms with E-state index in [0.29, 0.717) is 34.1 Å². The number of rotatable bonds is 10. The minimum atomic E-state index is -0.504. The summed E-state index contributed by atoms with van der Waals surface area (Å²) >= 11 is 0. The molecule has 4 N–H and O–H groups in total. The summed E-state index contributed by atoms with van der Waals surface area (Å²) < 4.78 is 26.5. The summed E-state index contributed by atoms with van der Waals surface area (Å²) in [6, 6.07) is 18.1. The number of carbonyl (C=O) groups excluding carboxylic acids is 2. The summed E-state index contributed by atoms with van der Waals surface area (Å²) in [6.07, 6.45) is 1.12. The summed E-state index contributed by atoms with van der Waals surface area (Å²) in [5.41, 5.74) is 3.89. The summed E-state index contributed by atoms with van der Waals surface area (Å²) in [6.45, 7) is 8.04. The van der Waals surface area contributed by atoms with Gasteiger partial charge in [0.05, 0.1) is 18.5 Å². The van der Waals surface area contributed by atoms with Crippen LogP contribution in [0.2, 0.25) is 0 Å². The number of halogens is 1. The van der Waals surface area contributed by atoms with Gasteiger partial charge in [-0.05, 0) is 55.5 Å². The van der Waals surface area contributed by atoms with Crippen LogP contribution in [0, 0.1) is 18.2 Å². The monoisotopic (exact) mass is 586 g/mol. The Bertz CT molecular complexity index is 1630. The number of methoxy groups -OCH3 is 1. The number of benzene rings is 3. The van der Waals surface area contributed by atoms with Crippen molar-refractivity contribution >= 4 is 29.7 Å². The maximum atomic E-state index is 14.2. The van der Waals surface area contributed by atoms with Crippen molar-refractivity contribution in [3.05, 3.63) is 94.9 Å². The second kappa shape index (κ2) is 13.2. The number of amides is 2. The van der Waals surface area contributed by atoms with Crippen LogP contribution < -0.4 is 20.7 Å². The number of aryl methyl sites for hydroxylation is 1. The maximum Gasteiger partial charge on any atom is 0.325 e. The summed E-state index contributed by atoms with van der Waals surface area (Å²) in [4.78, 5) is 24.5. The molecule has 4 rings (SSSR count). The first-order valence-electron chi connectivity index (χ1n) is 13.6. The van der Waals surface area contributed by atoms with Gasteiger partial charge in [-0.3, -0.25) is 10.1 Å². The molecule has 43 heavy (non-hydrogen) atoms. The first-order chi connectivity index (χ1) is 20.5. The second-order valence-corrected chi connectivity index (χ2v) is 10.9. The van der Waals surface area contributed by atoms with Gasteiger partial charge in [0.25, 0.3) is 0 Å². The Kier molecular flexibility index (Phi) is 9.44. The minimum absolute atomic E-state index is 0.0279. The quantitative estimate of drug-likeness (QED) is 0.127. The molecular weight excluding hydrogens is 551 g/mol. The number of aromatic nitrogens is 2. The van der Waals surface area contributed by atoms with Crippen LogP contribution in [0.25, 0.3) is 5.69 Å². The Morgan fingerprint density at radius 1 is 1.05 bits per heavy atom. The average molecular weight is 587 g/mol. The minimum Gasteiger partial charge on any atom is -0.468 e. The molecule has 0 spiro atoms. The SMILES string of the molecule is COC(=O)CNc1ccc(Oc2ccc(F)cc2CNC(=O)Nc2cc(C(C)(C)C)nn2-c2ccc(C)cc2)cc1C=N. The molecule has 11 heteroatoms. The Hall–Kier alpha value is -5.19. The van der Waals surface area contributed by atoms with Crippen molar-refractivity contribution in [1.82, 2.24) is 15.1 Å². The zero-order chi connectivity index (χ0) is 31.1. The predicted molar refractivity (Wildman–Crippen MR) is 164 cm³/mol. The number of ether oxygens (including phenoxy) is 2. The summed E-state index contributed by atoms with van der Waals surface area (Å²) in [7, 11) is 1.29. The van der Waals surface area contributed by atoms with E-state index in [1.165, 1.54) is 25.3 Å². The van der Waals surface area contributed by atoms with Crippen LogP contribution in [0.15, 0.2) is 66.7 Å². The number of anilines is 2. The van der Waals surface area contributed by atoms with Crippen molar-refractivity contribution in [3.63, 3.8) is 0 Å². The Labute approximate surface area is 249 Å². The van der Waals surface area contributed by atoms with Gasteiger partial charge in [0.15, 0.2) is 0 Å². The number of nitrogens with zero attached hydrogens (tertiary/aromatic N) is 2. The van der Waals surface area contributed by atoms with Crippen LogP contribution in [-0.2, 0) is 21.5 Å². The standard InChI is InChI=1S/C32H35FN6O4/c1-20-6-9-24(10-7-20)39-29(16-28(38-39)32(2,3)4)37-31(41)36-18-22-14-23(33)8-13-27(22)43-25-11-12-26(21(15-25)17-34)35-19-30(40)42-5/h6-17,34-35H,18-19H2,1-5H3,(H2,36,37,41). The van der Waals surface area contributed by atoms with Gasteiger partial charge in [-0.25, -0.2) is 13.9 Å². The average Bonchev–Trinajstić information content (AvgIpc) is 3.41. The molecule has 0 atom stereocenters. The fourth-order valence-corrected chi connectivity index (χ4v) is 4.09. The lowest BCUT2D eigenvalue weighted by Crippen LogP contribution is -2.29. The third-order valence-electron chi connectivity index (χ3n) is 6.52. The van der Waals surface area contributed by atoms with E-state index in [2.05, 4.69) is 20.7 Å². The fourth-order valence-electron chi connectivity index (χ4n) is 4.09. The number of hydrogen-bond donors (Lipinski definition) is 4. The lowest BCUT2D eigenvalue weighted by molar-refractivity contribution is -0.138. The van der Waals surface area contributed by atoms with Crippen molar-refractivity contribution in [1.29, 1.82) is 5.41 Å². The van der Waals surface area contributed by atoms with E-state index in [0.717, 1.165) is 23.2 Å². The molecule has 1 heterocycles. The molecule has 0 aliphatic heterocycles. The van der Waals surface area contributed by atoms with E-state index in [1.54, 1.807) is 22.9 Å². The molecule has 1 aromatic heterocycles. The van der Waals surface area contributed by atoms with Gasteiger partial charge in [0, 0.05) is 41.1 Å². The normalized spacial score (nSPS) is 11.0. The molecule has 2 amide bonds. The van der Waals surface area contributed by atoms with Crippen molar-refractivity contribution in [2.75, 3.05) is 24.3 Å². The topological polar surface area (TPSA) is 130 Å². The first kappa shape index (κ1) is 30.8. The number of urea groups is 1. The molecule has 0 fully saturated rings. The predicted octanol–water partition coefficient (Wildman–Crippen LogP) is 6.31. The van der Waals surface area contributed by atoms with Gasteiger partial charge in [0.1, 0.15) is 29.7 Å². The highest BCUT2D eigenvalue weighted by atomic mass is 19.1. The van der Waals surface area contributed by atoms with Gasteiger partial charge < -0.3 is 25.5 Å². The third kappa shape index (κ3) is 7.97. The third-order valence-corrected chi connectivity index (χ3v) is 6.52. The molecule has 0 aliphatic rings. The van der Waals surface area contributed by atoms with E-state index in [1.807, 2.05) is 58.0 Å². The highest BCUT2D eigenvalue weighted by Crippen LogP contribution is 2.30. The van der Waals surface area contributed by atoms with Crippen LogP contribution in [0.5, 0.6) is 11.5 Å². The number of carbonyl (C=O) groups is 2. The summed E-state index contributed by atoms with van der Waals surface area (Å²) in [5.74, 6) is 0.267. The lowest BCUT2D eigenvalue weighted by Gasteiger charge is -2.15. The number of esters is 1. The zero-order valence-corrected chi connectivity index (χ0v) is 24.7. The van der Waals surface area contributed by atoms with Crippen LogP contribution >= 0.6 is 0 Å². The second-order valence-electron chi connectivity index (χ2n) is 10.9. The molecule has 3 aromatic carbocycles. The Morgan fingerprint density at radius 3 is 2.47 bits per heavy atom. The maximum absolute atomic E-state index is 14.2. The molecule has 10 nitrogen and oxygen atoms in total. The molecule has 0 saturated carbocycles. The first-order valence-corrected chi connectivity index (χ1v) is 13.6. The van der Waals surface area contributed by atoms with Crippen LogP contribution in [0.3, 0.4) is 0 Å². The van der Waals surface area contributed by atoms with Crippen LogP contribution in [-0.4, -0.2) is 41.7 Å².